The van der Waals surface area contributed by atoms with Crippen molar-refractivity contribution < 1.29 is 47.7 Å². The minimum Gasteiger partial charge on any atom is -1.00 e. The standard InChI is InChI=1S/2C12H13.2ClH.Hf/c2*1-8-4-5-11-6-9(2)10(3)7-12(8)11;;;/h2*5-8H,1-3H3;2*1H;/q;;;;+2/p-2. The van der Waals surface area contributed by atoms with Crippen molar-refractivity contribution in [3.8, 4) is 0 Å². The maximum Gasteiger partial charge on any atom is -1.00 e. The maximum atomic E-state index is 2.53. The normalized spacial score (nSPS) is 19.2. The minimum absolute atomic E-state index is 0. The molecule has 2 aromatic carbocycles. The number of rotatable bonds is 2. The summed E-state index contributed by atoms with van der Waals surface area (Å²) in [6.45, 7) is 13.8. The van der Waals surface area contributed by atoms with E-state index in [1.54, 1.807) is 17.8 Å². The Labute approximate surface area is 187 Å². The van der Waals surface area contributed by atoms with Crippen LogP contribution in [0.3, 0.4) is 0 Å². The zero-order valence-electron chi connectivity index (χ0n) is 16.9. The van der Waals surface area contributed by atoms with Crippen molar-refractivity contribution in [2.24, 2.45) is 0 Å². The van der Waals surface area contributed by atoms with Gasteiger partial charge in [-0.05, 0) is 0 Å². The molecule has 0 aromatic heterocycles. The van der Waals surface area contributed by atoms with Gasteiger partial charge in [0.1, 0.15) is 0 Å². The smallest absolute Gasteiger partial charge is 1.00 e. The first-order chi connectivity index (χ1) is 11.8. The number of aryl methyl sites for hydroxylation is 4. The van der Waals surface area contributed by atoms with Crippen LogP contribution in [0.2, 0.25) is 0 Å². The summed E-state index contributed by atoms with van der Waals surface area (Å²) < 4.78 is 3.53. The first-order valence-corrected chi connectivity index (χ1v) is 12.9. The molecule has 0 spiro atoms. The molecule has 0 fully saturated rings. The van der Waals surface area contributed by atoms with Gasteiger partial charge in [0.2, 0.25) is 0 Å². The van der Waals surface area contributed by atoms with Gasteiger partial charge < -0.3 is 24.8 Å². The van der Waals surface area contributed by atoms with E-state index in [0.717, 1.165) is 0 Å². The number of hydrogen-bond donors (Lipinski definition) is 0. The van der Waals surface area contributed by atoms with Gasteiger partial charge in [-0.15, -0.1) is 0 Å². The summed E-state index contributed by atoms with van der Waals surface area (Å²) in [7, 11) is 0. The summed E-state index contributed by atoms with van der Waals surface area (Å²) in [4.78, 5) is 0. The van der Waals surface area contributed by atoms with Gasteiger partial charge in [-0.2, -0.15) is 0 Å². The average Bonchev–Trinajstić information content (AvgIpc) is 3.01. The molecule has 2 atom stereocenters. The Hall–Kier alpha value is -0.630. The molecule has 0 nitrogen and oxygen atoms in total. The molecule has 140 valence electrons. The van der Waals surface area contributed by atoms with Crippen molar-refractivity contribution in [3.05, 3.63) is 75.4 Å². The van der Waals surface area contributed by atoms with E-state index in [0.29, 0.717) is 11.8 Å². The Morgan fingerprint density at radius 2 is 0.926 bits per heavy atom. The molecule has 0 heterocycles. The Morgan fingerprint density at radius 1 is 0.593 bits per heavy atom. The van der Waals surface area contributed by atoms with Crippen molar-refractivity contribution in [1.29, 1.82) is 0 Å². The predicted molar refractivity (Wildman–Crippen MR) is 105 cm³/mol. The third kappa shape index (κ3) is 3.93. The molecule has 4 rings (SSSR count). The van der Waals surface area contributed by atoms with Crippen molar-refractivity contribution in [2.45, 2.75) is 53.4 Å². The van der Waals surface area contributed by atoms with E-state index in [4.69, 9.17) is 0 Å². The van der Waals surface area contributed by atoms with Gasteiger partial charge in [-0.25, -0.2) is 0 Å². The number of hydrogen-bond acceptors (Lipinski definition) is 0. The van der Waals surface area contributed by atoms with Crippen molar-refractivity contribution >= 4 is 12.2 Å². The summed E-state index contributed by atoms with van der Waals surface area (Å²) in [6.07, 6.45) is 5.06. The molecular formula is C24H26Cl2Hf. The van der Waals surface area contributed by atoms with Crippen LogP contribution in [0.25, 0.3) is 12.2 Å². The number of fused-ring (bicyclic) bond motifs is 2. The zero-order chi connectivity index (χ0) is 17.9. The summed E-state index contributed by atoms with van der Waals surface area (Å²) in [5.74, 6) is 1.25. The van der Waals surface area contributed by atoms with E-state index in [9.17, 15) is 0 Å². The number of allylic oxidation sites excluding steroid dienone is 2. The fourth-order valence-corrected chi connectivity index (χ4v) is 9.60. The van der Waals surface area contributed by atoms with Crippen LogP contribution in [0.5, 0.6) is 0 Å². The van der Waals surface area contributed by atoms with E-state index in [1.807, 2.05) is 0 Å². The van der Waals surface area contributed by atoms with E-state index in [2.05, 4.69) is 78.0 Å². The molecule has 0 amide bonds. The molecular weight excluding hydrogens is 538 g/mol. The van der Waals surface area contributed by atoms with Crippen LogP contribution in [0.4, 0.5) is 0 Å². The van der Waals surface area contributed by atoms with E-state index < -0.39 is 22.9 Å². The van der Waals surface area contributed by atoms with Crippen LogP contribution >= 0.6 is 0 Å². The van der Waals surface area contributed by atoms with Crippen molar-refractivity contribution in [1.82, 2.24) is 0 Å². The monoisotopic (exact) mass is 564 g/mol. The van der Waals surface area contributed by atoms with Gasteiger partial charge in [0.25, 0.3) is 0 Å². The van der Waals surface area contributed by atoms with Crippen LogP contribution in [0.1, 0.15) is 70.2 Å². The molecule has 0 bridgehead atoms. The van der Waals surface area contributed by atoms with Crippen LogP contribution in [-0.2, 0) is 22.9 Å². The Balaban J connectivity index is 0.00000131. The Kier molecular flexibility index (Phi) is 7.04. The maximum absolute atomic E-state index is 2.53. The van der Waals surface area contributed by atoms with E-state index in [-0.39, 0.29) is 24.8 Å². The van der Waals surface area contributed by atoms with Crippen LogP contribution < -0.4 is 24.8 Å². The van der Waals surface area contributed by atoms with Crippen LogP contribution in [0.15, 0.2) is 30.9 Å². The van der Waals surface area contributed by atoms with E-state index in [1.165, 1.54) is 33.4 Å². The molecule has 0 radical (unpaired) electrons. The SMILES string of the molecule is Cc1cc2c(cc1C)C(C)[C]([Hf+2][C]1=Cc3cc(C)c(C)cc3C1C)=C2.[Cl-].[Cl-]. The molecule has 27 heavy (non-hydrogen) atoms. The molecule has 0 saturated heterocycles. The molecule has 2 aromatic rings. The van der Waals surface area contributed by atoms with Crippen molar-refractivity contribution in [2.75, 3.05) is 0 Å². The van der Waals surface area contributed by atoms with Crippen molar-refractivity contribution in [3.63, 3.8) is 0 Å². The summed E-state index contributed by atoms with van der Waals surface area (Å²) in [5.41, 5.74) is 11.8. The second kappa shape index (κ2) is 8.39. The fourth-order valence-electron chi connectivity index (χ4n) is 4.10. The van der Waals surface area contributed by atoms with Gasteiger partial charge in [-0.3, -0.25) is 0 Å². The molecule has 2 aliphatic rings. The quantitative estimate of drug-likeness (QED) is 0.471. The fraction of sp³-hybridized carbons (Fsp3) is 0.333. The van der Waals surface area contributed by atoms with Gasteiger partial charge in [0, 0.05) is 0 Å². The molecule has 0 N–H and O–H groups in total. The molecule has 0 aliphatic heterocycles. The Bertz CT molecular complexity index is 876. The number of benzene rings is 2. The largest absolute Gasteiger partial charge is 1.00 e. The van der Waals surface area contributed by atoms with Gasteiger partial charge in [-0.1, -0.05) is 0 Å². The second-order valence-corrected chi connectivity index (χ2v) is 12.9. The van der Waals surface area contributed by atoms with Gasteiger partial charge >= 0.3 is 164 Å². The molecule has 2 unspecified atom stereocenters. The Morgan fingerprint density at radius 3 is 1.30 bits per heavy atom. The topological polar surface area (TPSA) is 0 Å². The van der Waals surface area contributed by atoms with Crippen LogP contribution in [-0.4, -0.2) is 0 Å². The van der Waals surface area contributed by atoms with Gasteiger partial charge in [0.15, 0.2) is 0 Å². The zero-order valence-corrected chi connectivity index (χ0v) is 22.0. The van der Waals surface area contributed by atoms with Gasteiger partial charge in [0.05, 0.1) is 0 Å². The molecule has 0 saturated carbocycles. The third-order valence-electron chi connectivity index (χ3n) is 6.18. The number of halogens is 2. The summed E-state index contributed by atoms with van der Waals surface area (Å²) in [5, 5.41) is 0. The summed E-state index contributed by atoms with van der Waals surface area (Å²) in [6, 6.07) is 9.64. The molecule has 3 heteroatoms. The first-order valence-electron chi connectivity index (χ1n) is 9.27. The average molecular weight is 564 g/mol. The first kappa shape index (κ1) is 22.7. The summed E-state index contributed by atoms with van der Waals surface area (Å²) >= 11 is -0.979. The molecule has 2 aliphatic carbocycles. The predicted octanol–water partition coefficient (Wildman–Crippen LogP) is 0.627. The minimum atomic E-state index is -0.979. The van der Waals surface area contributed by atoms with E-state index >= 15 is 0 Å². The third-order valence-corrected chi connectivity index (χ3v) is 12.4. The second-order valence-electron chi connectivity index (χ2n) is 7.90. The van der Waals surface area contributed by atoms with Crippen LogP contribution in [0, 0.1) is 27.7 Å².